The highest BCUT2D eigenvalue weighted by Crippen LogP contribution is 2.26. The largest absolute Gasteiger partial charge is 0.281 e. The zero-order valence-corrected chi connectivity index (χ0v) is 9.56. The van der Waals surface area contributed by atoms with E-state index in [1.54, 1.807) is 0 Å². The van der Waals surface area contributed by atoms with E-state index in [1.165, 1.54) is 11.1 Å². The number of aryl methyl sites for hydroxylation is 1. The summed E-state index contributed by atoms with van der Waals surface area (Å²) < 4.78 is 0. The fourth-order valence-electron chi connectivity index (χ4n) is 1.65. The van der Waals surface area contributed by atoms with Crippen molar-refractivity contribution < 1.29 is 4.79 Å². The van der Waals surface area contributed by atoms with Crippen molar-refractivity contribution in [2.45, 2.75) is 33.1 Å². The second-order valence-corrected chi connectivity index (χ2v) is 3.93. The Morgan fingerprint density at radius 1 is 1.43 bits per heavy atom. The van der Waals surface area contributed by atoms with E-state index in [-0.39, 0.29) is 11.2 Å². The molecular formula is C12H15ClO. The first-order valence-electron chi connectivity index (χ1n) is 4.83. The van der Waals surface area contributed by atoms with E-state index in [1.807, 2.05) is 39.0 Å². The lowest BCUT2D eigenvalue weighted by Crippen LogP contribution is -2.07. The highest BCUT2D eigenvalue weighted by molar-refractivity contribution is 6.64. The maximum Gasteiger partial charge on any atom is 0.229 e. The van der Waals surface area contributed by atoms with Crippen molar-refractivity contribution in [1.29, 1.82) is 0 Å². The molecule has 0 spiro atoms. The second kappa shape index (κ2) is 4.61. The van der Waals surface area contributed by atoms with Gasteiger partial charge in [0.25, 0.3) is 0 Å². The number of benzene rings is 1. The van der Waals surface area contributed by atoms with Crippen LogP contribution in [0.1, 0.15) is 36.0 Å². The van der Waals surface area contributed by atoms with Gasteiger partial charge in [-0.2, -0.15) is 0 Å². The summed E-state index contributed by atoms with van der Waals surface area (Å²) >= 11 is 5.56. The van der Waals surface area contributed by atoms with Crippen LogP contribution in [-0.2, 0) is 4.79 Å². The van der Waals surface area contributed by atoms with E-state index in [0.717, 1.165) is 12.0 Å². The summed E-state index contributed by atoms with van der Waals surface area (Å²) in [5.41, 5.74) is 3.44. The van der Waals surface area contributed by atoms with Crippen LogP contribution in [0.15, 0.2) is 18.2 Å². The predicted octanol–water partition coefficient (Wildman–Crippen LogP) is 3.56. The van der Waals surface area contributed by atoms with E-state index < -0.39 is 0 Å². The maximum absolute atomic E-state index is 11.2. The average Bonchev–Trinajstić information content (AvgIpc) is 2.13. The van der Waals surface area contributed by atoms with E-state index in [9.17, 15) is 4.79 Å². The van der Waals surface area contributed by atoms with Crippen LogP contribution in [0.3, 0.4) is 0 Å². The van der Waals surface area contributed by atoms with Crippen molar-refractivity contribution in [3.05, 3.63) is 34.9 Å². The van der Waals surface area contributed by atoms with Crippen LogP contribution in [0.2, 0.25) is 0 Å². The van der Waals surface area contributed by atoms with Gasteiger partial charge in [-0.05, 0) is 48.6 Å². The van der Waals surface area contributed by atoms with Crippen LogP contribution in [0.5, 0.6) is 0 Å². The van der Waals surface area contributed by atoms with Crippen LogP contribution in [0, 0.1) is 13.8 Å². The molecule has 1 atom stereocenters. The first-order chi connectivity index (χ1) is 6.57. The molecule has 0 amide bonds. The highest BCUT2D eigenvalue weighted by Gasteiger charge is 2.18. The first kappa shape index (κ1) is 11.3. The predicted molar refractivity (Wildman–Crippen MR) is 59.8 cm³/mol. The number of hydrogen-bond donors (Lipinski definition) is 0. The third-order valence-electron chi connectivity index (χ3n) is 2.70. The Bertz CT molecular complexity index is 344. The molecular weight excluding hydrogens is 196 g/mol. The van der Waals surface area contributed by atoms with E-state index >= 15 is 0 Å². The lowest BCUT2D eigenvalue weighted by atomic mass is 9.91. The number of hydrogen-bond acceptors (Lipinski definition) is 1. The van der Waals surface area contributed by atoms with Crippen molar-refractivity contribution in [2.75, 3.05) is 0 Å². The van der Waals surface area contributed by atoms with Crippen molar-refractivity contribution in [2.24, 2.45) is 0 Å². The Balaban J connectivity index is 3.16. The summed E-state index contributed by atoms with van der Waals surface area (Å²) in [5, 5.41) is -0.263. The van der Waals surface area contributed by atoms with Gasteiger partial charge in [-0.25, -0.2) is 0 Å². The average molecular weight is 211 g/mol. The SMILES string of the molecule is CCC(C(=O)Cl)c1cccc(C)c1C. The topological polar surface area (TPSA) is 17.1 Å². The van der Waals surface area contributed by atoms with Gasteiger partial charge in [-0.15, -0.1) is 0 Å². The van der Waals surface area contributed by atoms with Crippen molar-refractivity contribution >= 4 is 16.8 Å². The number of halogens is 1. The molecule has 0 heterocycles. The lowest BCUT2D eigenvalue weighted by Gasteiger charge is -2.14. The Hall–Kier alpha value is -0.820. The standard InChI is InChI=1S/C12H15ClO/c1-4-10(12(13)14)11-7-5-6-8(2)9(11)3/h5-7,10H,4H2,1-3H3. The van der Waals surface area contributed by atoms with Gasteiger partial charge in [0.15, 0.2) is 0 Å². The molecule has 0 saturated carbocycles. The monoisotopic (exact) mass is 210 g/mol. The molecule has 0 aliphatic rings. The molecule has 0 bridgehead atoms. The fourth-order valence-corrected chi connectivity index (χ4v) is 1.93. The molecule has 0 N–H and O–H groups in total. The summed E-state index contributed by atoms with van der Waals surface area (Å²) in [6, 6.07) is 6.00. The Kier molecular flexibility index (Phi) is 3.70. The molecule has 0 fully saturated rings. The van der Waals surface area contributed by atoms with Crippen molar-refractivity contribution in [3.8, 4) is 0 Å². The molecule has 0 radical (unpaired) electrons. The third kappa shape index (κ3) is 2.16. The fraction of sp³-hybridized carbons (Fsp3) is 0.417. The number of rotatable bonds is 3. The highest BCUT2D eigenvalue weighted by atomic mass is 35.5. The van der Waals surface area contributed by atoms with Crippen molar-refractivity contribution in [3.63, 3.8) is 0 Å². The van der Waals surface area contributed by atoms with Crippen LogP contribution >= 0.6 is 11.6 Å². The zero-order chi connectivity index (χ0) is 10.7. The summed E-state index contributed by atoms with van der Waals surface area (Å²) in [7, 11) is 0. The molecule has 14 heavy (non-hydrogen) atoms. The summed E-state index contributed by atoms with van der Waals surface area (Å²) in [6.07, 6.45) is 0.757. The van der Waals surface area contributed by atoms with E-state index in [0.29, 0.717) is 0 Å². The number of carbonyl (C=O) groups excluding carboxylic acids is 1. The van der Waals surface area contributed by atoms with Crippen LogP contribution in [0.4, 0.5) is 0 Å². The molecule has 0 saturated heterocycles. The molecule has 0 aliphatic heterocycles. The van der Waals surface area contributed by atoms with Crippen LogP contribution in [-0.4, -0.2) is 5.24 Å². The molecule has 76 valence electrons. The van der Waals surface area contributed by atoms with Gasteiger partial charge in [0.2, 0.25) is 5.24 Å². The Morgan fingerprint density at radius 2 is 2.07 bits per heavy atom. The molecule has 2 heteroatoms. The minimum absolute atomic E-state index is 0.156. The third-order valence-corrected chi connectivity index (χ3v) is 2.97. The number of carbonyl (C=O) groups is 1. The molecule has 0 aliphatic carbocycles. The molecule has 1 aromatic carbocycles. The first-order valence-corrected chi connectivity index (χ1v) is 5.21. The second-order valence-electron chi connectivity index (χ2n) is 3.55. The van der Waals surface area contributed by atoms with Gasteiger partial charge in [0, 0.05) is 0 Å². The Labute approximate surface area is 90.1 Å². The van der Waals surface area contributed by atoms with Gasteiger partial charge < -0.3 is 0 Å². The normalized spacial score (nSPS) is 12.6. The summed E-state index contributed by atoms with van der Waals surface area (Å²) in [5.74, 6) is -0.156. The molecule has 1 nitrogen and oxygen atoms in total. The minimum Gasteiger partial charge on any atom is -0.281 e. The van der Waals surface area contributed by atoms with E-state index in [4.69, 9.17) is 11.6 Å². The van der Waals surface area contributed by atoms with Crippen molar-refractivity contribution in [1.82, 2.24) is 0 Å². The molecule has 1 aromatic rings. The maximum atomic E-state index is 11.2. The van der Waals surface area contributed by atoms with Gasteiger partial charge in [-0.1, -0.05) is 25.1 Å². The minimum atomic E-state index is -0.263. The van der Waals surface area contributed by atoms with Gasteiger partial charge in [0.05, 0.1) is 5.92 Å². The summed E-state index contributed by atoms with van der Waals surface area (Å²) in [4.78, 5) is 11.2. The molecule has 0 aromatic heterocycles. The lowest BCUT2D eigenvalue weighted by molar-refractivity contribution is -0.113. The van der Waals surface area contributed by atoms with Gasteiger partial charge in [-0.3, -0.25) is 4.79 Å². The summed E-state index contributed by atoms with van der Waals surface area (Å²) in [6.45, 7) is 6.06. The van der Waals surface area contributed by atoms with E-state index in [2.05, 4.69) is 0 Å². The quantitative estimate of drug-likeness (QED) is 0.698. The molecule has 1 rings (SSSR count). The zero-order valence-electron chi connectivity index (χ0n) is 8.80. The molecule has 1 unspecified atom stereocenters. The van der Waals surface area contributed by atoms with Crippen LogP contribution in [0.25, 0.3) is 0 Å². The smallest absolute Gasteiger partial charge is 0.229 e. The van der Waals surface area contributed by atoms with Crippen LogP contribution < -0.4 is 0 Å². The van der Waals surface area contributed by atoms with Gasteiger partial charge >= 0.3 is 0 Å². The Morgan fingerprint density at radius 3 is 2.57 bits per heavy atom. The van der Waals surface area contributed by atoms with Gasteiger partial charge in [0.1, 0.15) is 0 Å².